The minimum Gasteiger partial charge on any atom is -0.481 e. The van der Waals surface area contributed by atoms with E-state index in [1.165, 1.54) is 16.7 Å². The molecule has 0 aliphatic rings. The standard InChI is InChI=1S/C21H32O2/c1-17(2)9-6-10-18(3)11-7-12-19(4)13-8-14-20(5)15-16-21(22)23/h8-9,11,13-15H,6-7,10,12,16H2,1-5H3,(H,22,23)/b14-8+,18-11+,19-13+,20-15+. The highest BCUT2D eigenvalue weighted by Gasteiger charge is 1.92. The number of rotatable bonds is 10. The topological polar surface area (TPSA) is 37.3 Å². The third kappa shape index (κ3) is 14.9. The first kappa shape index (κ1) is 21.2. The molecule has 0 aliphatic heterocycles. The van der Waals surface area contributed by atoms with Crippen molar-refractivity contribution in [3.05, 3.63) is 58.7 Å². The lowest BCUT2D eigenvalue weighted by atomic mass is 10.1. The predicted octanol–water partition coefficient (Wildman–Crippen LogP) is 6.38. The average Bonchev–Trinajstić information content (AvgIpc) is 2.44. The number of carboxylic acids is 1. The van der Waals surface area contributed by atoms with E-state index in [1.54, 1.807) is 6.08 Å². The lowest BCUT2D eigenvalue weighted by molar-refractivity contribution is -0.136. The minimum atomic E-state index is -0.795. The SMILES string of the molecule is CC(C)=CCC/C(C)=C/CC/C(C)=C/C=C/C(C)=C/CC(=O)O. The molecule has 0 aromatic heterocycles. The van der Waals surface area contributed by atoms with E-state index in [4.69, 9.17) is 5.11 Å². The van der Waals surface area contributed by atoms with Crippen LogP contribution in [-0.2, 0) is 4.79 Å². The maximum Gasteiger partial charge on any atom is 0.307 e. The molecule has 0 aromatic carbocycles. The van der Waals surface area contributed by atoms with E-state index >= 15 is 0 Å². The second-order valence-electron chi connectivity index (χ2n) is 6.33. The van der Waals surface area contributed by atoms with Crippen molar-refractivity contribution in [2.24, 2.45) is 0 Å². The zero-order chi connectivity index (χ0) is 17.7. The Bertz CT molecular complexity index is 510. The van der Waals surface area contributed by atoms with Crippen LogP contribution in [0.5, 0.6) is 0 Å². The van der Waals surface area contributed by atoms with Crippen LogP contribution in [0.1, 0.15) is 66.7 Å². The molecule has 0 atom stereocenters. The van der Waals surface area contributed by atoms with Crippen LogP contribution in [0.4, 0.5) is 0 Å². The normalized spacial score (nSPS) is 13.5. The van der Waals surface area contributed by atoms with Crippen LogP contribution in [0.3, 0.4) is 0 Å². The Morgan fingerprint density at radius 1 is 0.870 bits per heavy atom. The first-order valence-electron chi connectivity index (χ1n) is 8.32. The third-order valence-corrected chi connectivity index (χ3v) is 3.46. The number of hydrogen-bond donors (Lipinski definition) is 1. The molecule has 0 saturated carbocycles. The van der Waals surface area contributed by atoms with Crippen molar-refractivity contribution in [1.82, 2.24) is 0 Å². The van der Waals surface area contributed by atoms with Gasteiger partial charge in [0.1, 0.15) is 0 Å². The molecule has 0 rings (SSSR count). The number of allylic oxidation sites excluding steroid dienone is 9. The Morgan fingerprint density at radius 3 is 2.09 bits per heavy atom. The predicted molar refractivity (Wildman–Crippen MR) is 101 cm³/mol. The molecule has 0 unspecified atom stereocenters. The van der Waals surface area contributed by atoms with Crippen LogP contribution in [-0.4, -0.2) is 11.1 Å². The summed E-state index contributed by atoms with van der Waals surface area (Å²) in [6.45, 7) is 10.5. The van der Waals surface area contributed by atoms with E-state index < -0.39 is 5.97 Å². The largest absolute Gasteiger partial charge is 0.481 e. The zero-order valence-electron chi connectivity index (χ0n) is 15.4. The Hall–Kier alpha value is -1.83. The molecule has 23 heavy (non-hydrogen) atoms. The van der Waals surface area contributed by atoms with Gasteiger partial charge < -0.3 is 5.11 Å². The Labute approximate surface area is 142 Å². The summed E-state index contributed by atoms with van der Waals surface area (Å²) in [5.41, 5.74) is 5.15. The maximum absolute atomic E-state index is 10.5. The van der Waals surface area contributed by atoms with Crippen molar-refractivity contribution in [3.8, 4) is 0 Å². The molecular formula is C21H32O2. The highest BCUT2D eigenvalue weighted by molar-refractivity contribution is 5.68. The monoisotopic (exact) mass is 316 g/mol. The molecule has 0 spiro atoms. The van der Waals surface area contributed by atoms with Gasteiger partial charge in [-0.3, -0.25) is 4.79 Å². The molecule has 2 heteroatoms. The van der Waals surface area contributed by atoms with Gasteiger partial charge in [0.15, 0.2) is 0 Å². The fraction of sp³-hybridized carbons (Fsp3) is 0.476. The van der Waals surface area contributed by atoms with E-state index in [0.29, 0.717) is 0 Å². The van der Waals surface area contributed by atoms with Crippen molar-refractivity contribution in [3.63, 3.8) is 0 Å². The zero-order valence-corrected chi connectivity index (χ0v) is 15.4. The second-order valence-corrected chi connectivity index (χ2v) is 6.33. The molecule has 1 N–H and O–H groups in total. The van der Waals surface area contributed by atoms with E-state index in [9.17, 15) is 4.79 Å². The van der Waals surface area contributed by atoms with Gasteiger partial charge in [-0.25, -0.2) is 0 Å². The molecule has 0 heterocycles. The first-order chi connectivity index (χ1) is 10.8. The Morgan fingerprint density at radius 2 is 1.48 bits per heavy atom. The number of hydrogen-bond acceptors (Lipinski definition) is 1. The summed E-state index contributed by atoms with van der Waals surface area (Å²) in [7, 11) is 0. The summed E-state index contributed by atoms with van der Waals surface area (Å²) >= 11 is 0. The van der Waals surface area contributed by atoms with E-state index in [1.807, 2.05) is 19.1 Å². The van der Waals surface area contributed by atoms with Gasteiger partial charge in [0.2, 0.25) is 0 Å². The van der Waals surface area contributed by atoms with E-state index in [2.05, 4.69) is 45.9 Å². The molecule has 2 nitrogen and oxygen atoms in total. The van der Waals surface area contributed by atoms with Gasteiger partial charge in [-0.1, -0.05) is 58.7 Å². The first-order valence-corrected chi connectivity index (χ1v) is 8.32. The summed E-state index contributed by atoms with van der Waals surface area (Å²) in [6.07, 6.45) is 16.9. The van der Waals surface area contributed by atoms with Crippen LogP contribution in [0.2, 0.25) is 0 Å². The lowest BCUT2D eigenvalue weighted by Crippen LogP contribution is -1.90. The quantitative estimate of drug-likeness (QED) is 0.375. The number of carbonyl (C=O) groups is 1. The van der Waals surface area contributed by atoms with Crippen LogP contribution >= 0.6 is 0 Å². The van der Waals surface area contributed by atoms with Gasteiger partial charge in [0.05, 0.1) is 6.42 Å². The Balaban J connectivity index is 4.18. The molecule has 0 bridgehead atoms. The van der Waals surface area contributed by atoms with Crippen LogP contribution in [0.25, 0.3) is 0 Å². The van der Waals surface area contributed by atoms with Crippen LogP contribution in [0, 0.1) is 0 Å². The molecule has 0 saturated heterocycles. The van der Waals surface area contributed by atoms with E-state index in [0.717, 1.165) is 31.3 Å². The van der Waals surface area contributed by atoms with Gasteiger partial charge in [0.25, 0.3) is 0 Å². The van der Waals surface area contributed by atoms with Gasteiger partial charge >= 0.3 is 5.97 Å². The molecule has 0 radical (unpaired) electrons. The molecule has 0 aromatic rings. The van der Waals surface area contributed by atoms with Crippen molar-refractivity contribution in [2.75, 3.05) is 0 Å². The lowest BCUT2D eigenvalue weighted by Gasteiger charge is -2.00. The summed E-state index contributed by atoms with van der Waals surface area (Å²) < 4.78 is 0. The highest BCUT2D eigenvalue weighted by Crippen LogP contribution is 2.11. The minimum absolute atomic E-state index is 0.0791. The van der Waals surface area contributed by atoms with E-state index in [-0.39, 0.29) is 6.42 Å². The molecular weight excluding hydrogens is 284 g/mol. The smallest absolute Gasteiger partial charge is 0.307 e. The Kier molecular flexibility index (Phi) is 11.7. The molecule has 0 amide bonds. The van der Waals surface area contributed by atoms with Crippen molar-refractivity contribution >= 4 is 5.97 Å². The highest BCUT2D eigenvalue weighted by atomic mass is 16.4. The van der Waals surface area contributed by atoms with Gasteiger partial charge in [-0.05, 0) is 60.3 Å². The van der Waals surface area contributed by atoms with Gasteiger partial charge in [-0.2, -0.15) is 0 Å². The number of carboxylic acid groups (broad SMARTS) is 1. The van der Waals surface area contributed by atoms with Gasteiger partial charge in [-0.15, -0.1) is 0 Å². The summed E-state index contributed by atoms with van der Waals surface area (Å²) in [4.78, 5) is 10.5. The fourth-order valence-corrected chi connectivity index (χ4v) is 2.00. The van der Waals surface area contributed by atoms with Crippen LogP contribution < -0.4 is 0 Å². The van der Waals surface area contributed by atoms with Crippen LogP contribution in [0.15, 0.2) is 58.7 Å². The molecule has 0 fully saturated rings. The fourth-order valence-electron chi connectivity index (χ4n) is 2.00. The van der Waals surface area contributed by atoms with Crippen molar-refractivity contribution < 1.29 is 9.90 Å². The van der Waals surface area contributed by atoms with Crippen molar-refractivity contribution in [1.29, 1.82) is 0 Å². The summed E-state index contributed by atoms with van der Waals surface area (Å²) in [5, 5.41) is 8.61. The third-order valence-electron chi connectivity index (χ3n) is 3.46. The summed E-state index contributed by atoms with van der Waals surface area (Å²) in [6, 6.07) is 0. The maximum atomic E-state index is 10.5. The summed E-state index contributed by atoms with van der Waals surface area (Å²) in [5.74, 6) is -0.795. The molecule has 0 aliphatic carbocycles. The van der Waals surface area contributed by atoms with Crippen molar-refractivity contribution in [2.45, 2.75) is 66.7 Å². The molecule has 128 valence electrons. The van der Waals surface area contributed by atoms with Gasteiger partial charge in [0, 0.05) is 0 Å². The number of aliphatic carboxylic acids is 1. The average molecular weight is 316 g/mol. The second kappa shape index (κ2) is 12.7.